The van der Waals surface area contributed by atoms with Gasteiger partial charge in [-0.2, -0.15) is 0 Å². The van der Waals surface area contributed by atoms with E-state index < -0.39 is 17.5 Å². The van der Waals surface area contributed by atoms with Crippen molar-refractivity contribution in [1.29, 1.82) is 0 Å². The fourth-order valence-corrected chi connectivity index (χ4v) is 1.45. The van der Waals surface area contributed by atoms with Crippen molar-refractivity contribution < 1.29 is 13.9 Å². The predicted molar refractivity (Wildman–Crippen MR) is 74.6 cm³/mol. The second-order valence-electron chi connectivity index (χ2n) is 4.63. The summed E-state index contributed by atoms with van der Waals surface area (Å²) in [5.41, 5.74) is 4.53. The van der Waals surface area contributed by atoms with Gasteiger partial charge in [0.05, 0.1) is 0 Å². The Morgan fingerprint density at radius 2 is 1.95 bits per heavy atom. The number of alkyl carbamates (subject to hydrolysis) is 1. The van der Waals surface area contributed by atoms with Crippen molar-refractivity contribution >= 4 is 17.7 Å². The highest BCUT2D eigenvalue weighted by molar-refractivity contribution is 6.30. The molecule has 0 fully saturated rings. The Bertz CT molecular complexity index is 399. The Balaban J connectivity index is 0.00000154. The van der Waals surface area contributed by atoms with Gasteiger partial charge in [0.15, 0.2) is 0 Å². The van der Waals surface area contributed by atoms with Crippen LogP contribution in [0.15, 0.2) is 18.2 Å². The van der Waals surface area contributed by atoms with Gasteiger partial charge in [0.2, 0.25) is 0 Å². The van der Waals surface area contributed by atoms with Gasteiger partial charge in [0.25, 0.3) is 0 Å². The number of hydrogen-bond donors (Lipinski definition) is 2. The monoisotopic (exact) mass is 290 g/mol. The van der Waals surface area contributed by atoms with E-state index in [0.29, 0.717) is 10.6 Å². The van der Waals surface area contributed by atoms with Gasteiger partial charge in [0, 0.05) is 11.6 Å². The molecule has 0 saturated carbocycles. The second-order valence-corrected chi connectivity index (χ2v) is 5.07. The van der Waals surface area contributed by atoms with E-state index in [1.807, 2.05) is 0 Å². The molecule has 0 atom stereocenters. The van der Waals surface area contributed by atoms with Gasteiger partial charge in [-0.1, -0.05) is 11.6 Å². The van der Waals surface area contributed by atoms with Crippen molar-refractivity contribution in [3.8, 4) is 0 Å². The highest BCUT2D eigenvalue weighted by atomic mass is 35.5. The summed E-state index contributed by atoms with van der Waals surface area (Å²) in [6, 6.07) is 4.10. The van der Waals surface area contributed by atoms with E-state index in [9.17, 15) is 9.18 Å². The van der Waals surface area contributed by atoms with E-state index in [1.165, 1.54) is 19.2 Å². The first-order valence-corrected chi connectivity index (χ1v) is 6.13. The van der Waals surface area contributed by atoms with Crippen LogP contribution in [0, 0.1) is 5.82 Å². The number of benzene rings is 1. The fraction of sp³-hybridized carbons (Fsp3) is 0.462. The molecular weight excluding hydrogens is 271 g/mol. The molecule has 4 nitrogen and oxygen atoms in total. The van der Waals surface area contributed by atoms with E-state index in [4.69, 9.17) is 16.3 Å². The molecule has 19 heavy (non-hydrogen) atoms. The number of ether oxygens (including phenoxy) is 1. The summed E-state index contributed by atoms with van der Waals surface area (Å²) in [5, 5.41) is 2.82. The van der Waals surface area contributed by atoms with Crippen molar-refractivity contribution in [2.75, 3.05) is 7.05 Å². The Labute approximate surface area is 118 Å². The second kappa shape index (κ2) is 7.96. The molecule has 0 aliphatic carbocycles. The number of nitrogens with one attached hydrogen (secondary N) is 1. The molecule has 0 aliphatic heterocycles. The quantitative estimate of drug-likeness (QED) is 0.880. The highest BCUT2D eigenvalue weighted by Gasteiger charge is 2.15. The van der Waals surface area contributed by atoms with E-state index in [1.54, 1.807) is 26.8 Å². The SMILES string of the molecule is CC(C)(C)OC(=O)NCc1cc(F)cc(Cl)c1.CN. The van der Waals surface area contributed by atoms with Gasteiger partial charge < -0.3 is 15.8 Å². The first-order valence-electron chi connectivity index (χ1n) is 5.76. The summed E-state index contributed by atoms with van der Waals surface area (Å²) < 4.78 is 18.0. The topological polar surface area (TPSA) is 64.3 Å². The van der Waals surface area contributed by atoms with Crippen molar-refractivity contribution in [3.63, 3.8) is 0 Å². The van der Waals surface area contributed by atoms with Gasteiger partial charge in [0.1, 0.15) is 11.4 Å². The Morgan fingerprint density at radius 3 is 2.42 bits per heavy atom. The first kappa shape index (κ1) is 17.7. The third-order valence-electron chi connectivity index (χ3n) is 1.76. The lowest BCUT2D eigenvalue weighted by Gasteiger charge is -2.19. The molecule has 0 aliphatic rings. The molecule has 108 valence electrons. The number of amides is 1. The summed E-state index contributed by atoms with van der Waals surface area (Å²) in [6.45, 7) is 5.48. The maximum atomic E-state index is 13.0. The maximum Gasteiger partial charge on any atom is 0.407 e. The van der Waals surface area contributed by atoms with E-state index in [2.05, 4.69) is 11.1 Å². The number of nitrogens with two attached hydrogens (primary N) is 1. The van der Waals surface area contributed by atoms with E-state index in [-0.39, 0.29) is 6.54 Å². The molecule has 0 heterocycles. The van der Waals surface area contributed by atoms with Gasteiger partial charge in [-0.3, -0.25) is 0 Å². The van der Waals surface area contributed by atoms with E-state index in [0.717, 1.165) is 0 Å². The van der Waals surface area contributed by atoms with Gasteiger partial charge in [-0.25, -0.2) is 9.18 Å². The molecule has 0 bridgehead atoms. The molecule has 0 radical (unpaired) electrons. The van der Waals surface area contributed by atoms with Crippen LogP contribution in [0.5, 0.6) is 0 Å². The Morgan fingerprint density at radius 1 is 1.37 bits per heavy atom. The fourth-order valence-electron chi connectivity index (χ4n) is 1.20. The molecule has 3 N–H and O–H groups in total. The molecular formula is C13H20ClFN2O2. The van der Waals surface area contributed by atoms with Crippen LogP contribution in [0.4, 0.5) is 9.18 Å². The minimum Gasteiger partial charge on any atom is -0.444 e. The minimum atomic E-state index is -0.552. The Hall–Kier alpha value is -1.33. The standard InChI is InChI=1S/C12H15ClFNO2.CH5N/c1-12(2,3)17-11(16)15-7-8-4-9(13)6-10(14)5-8;1-2/h4-6H,7H2,1-3H3,(H,15,16);2H2,1H3. The third-order valence-corrected chi connectivity index (χ3v) is 1.98. The zero-order valence-corrected chi connectivity index (χ0v) is 12.3. The van der Waals surface area contributed by atoms with Crippen LogP contribution in [-0.4, -0.2) is 18.7 Å². The molecule has 1 rings (SSSR count). The van der Waals surface area contributed by atoms with Crippen molar-refractivity contribution in [2.24, 2.45) is 5.73 Å². The lowest BCUT2D eigenvalue weighted by molar-refractivity contribution is 0.0523. The number of hydrogen-bond acceptors (Lipinski definition) is 3. The zero-order chi connectivity index (χ0) is 15.1. The van der Waals surface area contributed by atoms with Crippen LogP contribution in [0.1, 0.15) is 26.3 Å². The van der Waals surface area contributed by atoms with Crippen LogP contribution in [0.25, 0.3) is 0 Å². The van der Waals surface area contributed by atoms with E-state index >= 15 is 0 Å². The summed E-state index contributed by atoms with van der Waals surface area (Å²) in [6.07, 6.45) is -0.544. The van der Waals surface area contributed by atoms with Crippen molar-refractivity contribution in [1.82, 2.24) is 5.32 Å². The normalized spacial score (nSPS) is 10.3. The number of halogens is 2. The van der Waals surface area contributed by atoms with Crippen molar-refractivity contribution in [2.45, 2.75) is 32.9 Å². The lowest BCUT2D eigenvalue weighted by Crippen LogP contribution is -2.32. The molecule has 0 aromatic heterocycles. The Kier molecular flexibility index (Phi) is 7.41. The number of rotatable bonds is 2. The summed E-state index contributed by atoms with van der Waals surface area (Å²) in [7, 11) is 1.50. The zero-order valence-electron chi connectivity index (χ0n) is 11.6. The molecule has 1 aromatic rings. The number of carbonyl (C=O) groups is 1. The lowest BCUT2D eigenvalue weighted by atomic mass is 10.2. The van der Waals surface area contributed by atoms with Crippen LogP contribution in [0.2, 0.25) is 5.02 Å². The summed E-state index contributed by atoms with van der Waals surface area (Å²) in [5.74, 6) is -0.432. The number of carbonyl (C=O) groups excluding carboxylic acids is 1. The third kappa shape index (κ3) is 8.40. The summed E-state index contributed by atoms with van der Waals surface area (Å²) >= 11 is 5.69. The molecule has 0 spiro atoms. The minimum absolute atomic E-state index is 0.173. The van der Waals surface area contributed by atoms with Crippen LogP contribution in [-0.2, 0) is 11.3 Å². The molecule has 1 amide bonds. The van der Waals surface area contributed by atoms with Gasteiger partial charge in [-0.05, 0) is 51.6 Å². The highest BCUT2D eigenvalue weighted by Crippen LogP contribution is 2.14. The van der Waals surface area contributed by atoms with Crippen LogP contribution < -0.4 is 11.1 Å². The first-order chi connectivity index (χ1) is 8.76. The maximum absolute atomic E-state index is 13.0. The molecule has 1 aromatic carbocycles. The largest absolute Gasteiger partial charge is 0.444 e. The molecule has 0 saturated heterocycles. The predicted octanol–water partition coefficient (Wildman–Crippen LogP) is 3.08. The molecule has 0 unspecified atom stereocenters. The van der Waals surface area contributed by atoms with Gasteiger partial charge >= 0.3 is 6.09 Å². The van der Waals surface area contributed by atoms with Crippen molar-refractivity contribution in [3.05, 3.63) is 34.6 Å². The van der Waals surface area contributed by atoms with Crippen LogP contribution >= 0.6 is 11.6 Å². The summed E-state index contributed by atoms with van der Waals surface area (Å²) in [4.78, 5) is 11.3. The smallest absolute Gasteiger partial charge is 0.407 e. The van der Waals surface area contributed by atoms with Gasteiger partial charge in [-0.15, -0.1) is 0 Å². The average Bonchev–Trinajstić information content (AvgIpc) is 2.25. The molecule has 6 heteroatoms. The van der Waals surface area contributed by atoms with Crippen LogP contribution in [0.3, 0.4) is 0 Å². The average molecular weight is 291 g/mol.